The van der Waals surface area contributed by atoms with Crippen molar-refractivity contribution in [3.8, 4) is 22.9 Å². The standard InChI is InChI=1S/C23H23ClN4O5/c1-13-9-15(28-23(32)27-20(30)12-25-28)10-18(24)21(13)33-16-7-8-19(29)17(11-16)22(31)26-14-5-3-2-4-6-14/h7-12,14,29H,2-6H2,1H3,(H,26,31)(H,27,30,32). The summed E-state index contributed by atoms with van der Waals surface area (Å²) in [5.41, 5.74) is -0.232. The van der Waals surface area contributed by atoms with Crippen LogP contribution in [0.4, 0.5) is 0 Å². The molecule has 1 heterocycles. The molecule has 1 amide bonds. The van der Waals surface area contributed by atoms with Crippen LogP contribution in [0.15, 0.2) is 46.1 Å². The monoisotopic (exact) mass is 470 g/mol. The molecule has 1 saturated carbocycles. The van der Waals surface area contributed by atoms with Gasteiger partial charge in [-0.05, 0) is 55.7 Å². The number of halogens is 1. The number of carbonyl (C=O) groups excluding carboxylic acids is 1. The maximum atomic E-state index is 12.7. The summed E-state index contributed by atoms with van der Waals surface area (Å²) in [7, 11) is 0. The number of amides is 1. The number of aromatic amines is 1. The van der Waals surface area contributed by atoms with Crippen LogP contribution < -0.4 is 21.3 Å². The average molecular weight is 471 g/mol. The van der Waals surface area contributed by atoms with Crippen molar-refractivity contribution in [1.29, 1.82) is 0 Å². The lowest BCUT2D eigenvalue weighted by molar-refractivity contribution is 0.0924. The summed E-state index contributed by atoms with van der Waals surface area (Å²) in [5, 5.41) is 17.2. The molecule has 0 atom stereocenters. The number of aromatic nitrogens is 3. The number of phenols is 1. The van der Waals surface area contributed by atoms with Crippen LogP contribution in [0.25, 0.3) is 5.69 Å². The van der Waals surface area contributed by atoms with Gasteiger partial charge >= 0.3 is 5.69 Å². The van der Waals surface area contributed by atoms with Crippen LogP contribution in [-0.4, -0.2) is 31.8 Å². The second kappa shape index (κ2) is 9.50. The third-order valence-corrected chi connectivity index (χ3v) is 5.83. The van der Waals surface area contributed by atoms with Gasteiger partial charge in [-0.2, -0.15) is 9.78 Å². The van der Waals surface area contributed by atoms with Crippen molar-refractivity contribution in [2.45, 2.75) is 45.1 Å². The maximum absolute atomic E-state index is 12.7. The first kappa shape index (κ1) is 22.6. The Kier molecular flexibility index (Phi) is 6.50. The molecular weight excluding hydrogens is 448 g/mol. The summed E-state index contributed by atoms with van der Waals surface area (Å²) in [4.78, 5) is 38.1. The highest BCUT2D eigenvalue weighted by atomic mass is 35.5. The molecular formula is C23H23ClN4O5. The minimum atomic E-state index is -0.696. The van der Waals surface area contributed by atoms with Crippen molar-refractivity contribution in [3.63, 3.8) is 0 Å². The number of hydrogen-bond donors (Lipinski definition) is 3. The van der Waals surface area contributed by atoms with Gasteiger partial charge in [0, 0.05) is 6.04 Å². The van der Waals surface area contributed by atoms with E-state index in [9.17, 15) is 19.5 Å². The SMILES string of the molecule is Cc1cc(-n2ncc(=O)[nH]c2=O)cc(Cl)c1Oc1ccc(O)c(C(=O)NC2CCCCC2)c1. The number of aryl methyl sites for hydroxylation is 1. The van der Waals surface area contributed by atoms with Gasteiger partial charge in [0.05, 0.1) is 16.3 Å². The van der Waals surface area contributed by atoms with Gasteiger partial charge in [0.1, 0.15) is 23.4 Å². The Hall–Kier alpha value is -3.59. The summed E-state index contributed by atoms with van der Waals surface area (Å²) in [6.07, 6.45) is 6.18. The minimum Gasteiger partial charge on any atom is -0.507 e. The van der Waals surface area contributed by atoms with Gasteiger partial charge in [0.2, 0.25) is 0 Å². The number of H-pyrrole nitrogens is 1. The first-order valence-corrected chi connectivity index (χ1v) is 11.0. The second-order valence-corrected chi connectivity index (χ2v) is 8.42. The van der Waals surface area contributed by atoms with E-state index in [1.807, 2.05) is 0 Å². The highest BCUT2D eigenvalue weighted by Crippen LogP contribution is 2.36. The van der Waals surface area contributed by atoms with Gasteiger partial charge in [0.25, 0.3) is 11.5 Å². The van der Waals surface area contributed by atoms with Gasteiger partial charge in [-0.1, -0.05) is 30.9 Å². The fourth-order valence-electron chi connectivity index (χ4n) is 3.89. The Labute approximate surface area is 194 Å². The van der Waals surface area contributed by atoms with Gasteiger partial charge < -0.3 is 15.2 Å². The van der Waals surface area contributed by atoms with E-state index in [1.54, 1.807) is 13.0 Å². The lowest BCUT2D eigenvalue weighted by atomic mass is 9.95. The van der Waals surface area contributed by atoms with E-state index in [2.05, 4.69) is 15.4 Å². The topological polar surface area (TPSA) is 126 Å². The lowest BCUT2D eigenvalue weighted by Crippen LogP contribution is -2.36. The molecule has 2 aromatic carbocycles. The van der Waals surface area contributed by atoms with Crippen LogP contribution >= 0.6 is 11.6 Å². The summed E-state index contributed by atoms with van der Waals surface area (Å²) >= 11 is 6.41. The number of benzene rings is 2. The molecule has 3 N–H and O–H groups in total. The first-order valence-electron chi connectivity index (χ1n) is 10.6. The molecule has 172 valence electrons. The molecule has 1 aliphatic rings. The maximum Gasteiger partial charge on any atom is 0.349 e. The van der Waals surface area contributed by atoms with E-state index in [1.165, 1.54) is 30.7 Å². The predicted molar refractivity (Wildman–Crippen MR) is 123 cm³/mol. The zero-order valence-electron chi connectivity index (χ0n) is 17.9. The van der Waals surface area contributed by atoms with E-state index in [4.69, 9.17) is 16.3 Å². The van der Waals surface area contributed by atoms with Gasteiger partial charge in [-0.3, -0.25) is 14.6 Å². The van der Waals surface area contributed by atoms with E-state index < -0.39 is 11.2 Å². The summed E-state index contributed by atoms with van der Waals surface area (Å²) in [5.74, 6) is 0.143. The molecule has 0 aliphatic heterocycles. The van der Waals surface area contributed by atoms with Crippen molar-refractivity contribution in [2.24, 2.45) is 0 Å². The van der Waals surface area contributed by atoms with Gasteiger partial charge in [-0.25, -0.2) is 4.79 Å². The fourth-order valence-corrected chi connectivity index (χ4v) is 4.19. The molecule has 33 heavy (non-hydrogen) atoms. The number of carbonyl (C=O) groups is 1. The molecule has 4 rings (SSSR count). The van der Waals surface area contributed by atoms with E-state index in [0.29, 0.717) is 22.7 Å². The normalized spacial score (nSPS) is 14.1. The molecule has 0 radical (unpaired) electrons. The molecule has 3 aromatic rings. The van der Waals surface area contributed by atoms with Crippen LogP contribution in [0.2, 0.25) is 5.02 Å². The van der Waals surface area contributed by atoms with Crippen LogP contribution in [0, 0.1) is 6.92 Å². The third kappa shape index (κ3) is 5.09. The van der Waals surface area contributed by atoms with Crippen LogP contribution in [0.1, 0.15) is 48.0 Å². The number of phenolic OH excluding ortho intramolecular Hbond substituents is 1. The van der Waals surface area contributed by atoms with Crippen LogP contribution in [0.3, 0.4) is 0 Å². The van der Waals surface area contributed by atoms with E-state index in [0.717, 1.165) is 36.6 Å². The van der Waals surface area contributed by atoms with Gasteiger partial charge in [-0.15, -0.1) is 0 Å². The molecule has 0 saturated heterocycles. The molecule has 1 aliphatic carbocycles. The van der Waals surface area contributed by atoms with Crippen molar-refractivity contribution >= 4 is 17.5 Å². The van der Waals surface area contributed by atoms with E-state index >= 15 is 0 Å². The summed E-state index contributed by atoms with van der Waals surface area (Å²) in [6, 6.07) is 7.60. The van der Waals surface area contributed by atoms with Crippen LogP contribution in [-0.2, 0) is 0 Å². The van der Waals surface area contributed by atoms with E-state index in [-0.39, 0.29) is 28.3 Å². The number of aromatic hydroxyl groups is 1. The molecule has 9 nitrogen and oxygen atoms in total. The molecule has 0 spiro atoms. The van der Waals surface area contributed by atoms with Crippen molar-refractivity contribution in [3.05, 3.63) is 73.5 Å². The Morgan fingerprint density at radius 2 is 1.97 bits per heavy atom. The summed E-state index contributed by atoms with van der Waals surface area (Å²) < 4.78 is 6.94. The Balaban J connectivity index is 1.58. The molecule has 0 bridgehead atoms. The molecule has 10 heteroatoms. The fraction of sp³-hybridized carbons (Fsp3) is 0.304. The Bertz CT molecular complexity index is 1290. The quantitative estimate of drug-likeness (QED) is 0.524. The number of hydrogen-bond acceptors (Lipinski definition) is 6. The predicted octanol–water partition coefficient (Wildman–Crippen LogP) is 3.44. The molecule has 0 unspecified atom stereocenters. The van der Waals surface area contributed by atoms with Crippen molar-refractivity contribution < 1.29 is 14.6 Å². The zero-order valence-corrected chi connectivity index (χ0v) is 18.7. The van der Waals surface area contributed by atoms with Crippen LogP contribution in [0.5, 0.6) is 17.2 Å². The third-order valence-electron chi connectivity index (χ3n) is 5.54. The smallest absolute Gasteiger partial charge is 0.349 e. The van der Waals surface area contributed by atoms with Crippen molar-refractivity contribution in [2.75, 3.05) is 0 Å². The highest BCUT2D eigenvalue weighted by molar-refractivity contribution is 6.32. The van der Waals surface area contributed by atoms with Gasteiger partial charge in [0.15, 0.2) is 0 Å². The molecule has 1 fully saturated rings. The number of nitrogens with zero attached hydrogens (tertiary/aromatic N) is 2. The summed E-state index contributed by atoms with van der Waals surface area (Å²) in [6.45, 7) is 1.73. The highest BCUT2D eigenvalue weighted by Gasteiger charge is 2.20. The van der Waals surface area contributed by atoms with Crippen molar-refractivity contribution in [1.82, 2.24) is 20.1 Å². The first-order chi connectivity index (χ1) is 15.8. The zero-order chi connectivity index (χ0) is 23.5. The average Bonchev–Trinajstić information content (AvgIpc) is 2.78. The largest absolute Gasteiger partial charge is 0.507 e. The number of ether oxygens (including phenoxy) is 1. The minimum absolute atomic E-state index is 0.101. The number of rotatable bonds is 5. The number of nitrogens with one attached hydrogen (secondary N) is 2. The molecule has 1 aromatic heterocycles. The lowest BCUT2D eigenvalue weighted by Gasteiger charge is -2.23. The Morgan fingerprint density at radius 3 is 2.67 bits per heavy atom. The Morgan fingerprint density at radius 1 is 1.21 bits per heavy atom. The second-order valence-electron chi connectivity index (χ2n) is 8.01.